The Kier molecular flexibility index (Phi) is 5.84. The van der Waals surface area contributed by atoms with Crippen LogP contribution in [0.25, 0.3) is 0 Å². The summed E-state index contributed by atoms with van der Waals surface area (Å²) in [5.74, 6) is 0.651. The number of morpholine rings is 1. The van der Waals surface area contributed by atoms with E-state index < -0.39 is 5.60 Å². The molecule has 1 aliphatic carbocycles. The normalized spacial score (nSPS) is 36.5. The average molecular weight is 284 g/mol. The minimum atomic E-state index is -0.496. The maximum Gasteiger partial charge on any atom is 0.0826 e. The fourth-order valence-electron chi connectivity index (χ4n) is 3.59. The molecular weight excluding hydrogens is 252 g/mol. The van der Waals surface area contributed by atoms with Crippen LogP contribution in [0.15, 0.2) is 0 Å². The molecule has 0 amide bonds. The molecule has 0 spiro atoms. The molecule has 4 nitrogen and oxygen atoms in total. The quantitative estimate of drug-likeness (QED) is 0.805. The van der Waals surface area contributed by atoms with Gasteiger partial charge in [-0.2, -0.15) is 0 Å². The number of nitrogens with zero attached hydrogens (tertiary/aromatic N) is 1. The third-order valence-corrected chi connectivity index (χ3v) is 4.79. The number of hydrogen-bond acceptors (Lipinski definition) is 4. The monoisotopic (exact) mass is 284 g/mol. The Morgan fingerprint density at radius 1 is 1.45 bits per heavy atom. The molecule has 1 saturated heterocycles. The van der Waals surface area contributed by atoms with E-state index in [1.165, 1.54) is 6.42 Å². The Morgan fingerprint density at radius 3 is 2.95 bits per heavy atom. The molecule has 0 bridgehead atoms. The first-order valence-corrected chi connectivity index (χ1v) is 8.27. The summed E-state index contributed by atoms with van der Waals surface area (Å²) >= 11 is 0. The van der Waals surface area contributed by atoms with Gasteiger partial charge in [0.15, 0.2) is 0 Å². The van der Waals surface area contributed by atoms with Crippen molar-refractivity contribution in [3.8, 4) is 0 Å². The molecule has 2 fully saturated rings. The molecule has 0 aromatic carbocycles. The molecule has 3 unspecified atom stereocenters. The average Bonchev–Trinajstić information content (AvgIpc) is 2.38. The highest BCUT2D eigenvalue weighted by atomic mass is 16.5. The Bertz CT molecular complexity index is 298. The lowest BCUT2D eigenvalue weighted by Gasteiger charge is -2.38. The van der Waals surface area contributed by atoms with E-state index in [0.717, 1.165) is 45.5 Å². The second kappa shape index (κ2) is 7.21. The molecule has 3 atom stereocenters. The van der Waals surface area contributed by atoms with E-state index in [1.807, 2.05) is 0 Å². The second-order valence-corrected chi connectivity index (χ2v) is 7.14. The van der Waals surface area contributed by atoms with E-state index >= 15 is 0 Å². The molecule has 2 N–H and O–H groups in total. The van der Waals surface area contributed by atoms with Crippen LogP contribution in [0.3, 0.4) is 0 Å². The van der Waals surface area contributed by atoms with Gasteiger partial charge in [-0.25, -0.2) is 0 Å². The lowest BCUT2D eigenvalue weighted by Crippen LogP contribution is -2.51. The zero-order valence-corrected chi connectivity index (χ0v) is 13.4. The summed E-state index contributed by atoms with van der Waals surface area (Å²) in [6.45, 7) is 11.1. The Morgan fingerprint density at radius 2 is 2.25 bits per heavy atom. The topological polar surface area (TPSA) is 44.7 Å². The van der Waals surface area contributed by atoms with Gasteiger partial charge >= 0.3 is 0 Å². The molecule has 4 heteroatoms. The van der Waals surface area contributed by atoms with E-state index in [0.29, 0.717) is 18.5 Å². The van der Waals surface area contributed by atoms with Gasteiger partial charge in [0.1, 0.15) is 0 Å². The van der Waals surface area contributed by atoms with Gasteiger partial charge in [-0.05, 0) is 32.6 Å². The number of rotatable bonds is 5. The fourth-order valence-corrected chi connectivity index (χ4v) is 3.59. The Hall–Kier alpha value is -0.160. The molecule has 1 aliphatic heterocycles. The molecule has 1 saturated carbocycles. The lowest BCUT2D eigenvalue weighted by molar-refractivity contribution is -0.0449. The molecule has 0 radical (unpaired) electrons. The first kappa shape index (κ1) is 16.2. The predicted molar refractivity (Wildman–Crippen MR) is 81.9 cm³/mol. The van der Waals surface area contributed by atoms with Crippen molar-refractivity contribution in [3.63, 3.8) is 0 Å². The number of aliphatic hydroxyl groups is 1. The van der Waals surface area contributed by atoms with E-state index in [2.05, 4.69) is 31.0 Å². The minimum Gasteiger partial charge on any atom is -0.389 e. The first-order valence-electron chi connectivity index (χ1n) is 8.27. The summed E-state index contributed by atoms with van der Waals surface area (Å²) in [4.78, 5) is 2.47. The van der Waals surface area contributed by atoms with Crippen LogP contribution >= 0.6 is 0 Å². The molecule has 0 aromatic heterocycles. The van der Waals surface area contributed by atoms with Crippen molar-refractivity contribution in [1.29, 1.82) is 0 Å². The highest BCUT2D eigenvalue weighted by Gasteiger charge is 2.32. The zero-order valence-electron chi connectivity index (χ0n) is 13.4. The van der Waals surface area contributed by atoms with Crippen LogP contribution in [-0.4, -0.2) is 60.5 Å². The molecule has 0 aromatic rings. The number of hydrogen-bond donors (Lipinski definition) is 2. The second-order valence-electron chi connectivity index (χ2n) is 7.14. The maximum atomic E-state index is 10.6. The van der Waals surface area contributed by atoms with Gasteiger partial charge in [0.25, 0.3) is 0 Å². The number of ether oxygens (including phenoxy) is 1. The van der Waals surface area contributed by atoms with Crippen molar-refractivity contribution in [1.82, 2.24) is 10.2 Å². The van der Waals surface area contributed by atoms with Crippen LogP contribution in [0.2, 0.25) is 0 Å². The van der Waals surface area contributed by atoms with Gasteiger partial charge in [-0.3, -0.25) is 4.90 Å². The van der Waals surface area contributed by atoms with Gasteiger partial charge in [-0.1, -0.05) is 19.8 Å². The van der Waals surface area contributed by atoms with E-state index in [4.69, 9.17) is 4.74 Å². The third kappa shape index (κ3) is 4.69. The summed E-state index contributed by atoms with van der Waals surface area (Å²) in [5.41, 5.74) is -0.496. The van der Waals surface area contributed by atoms with E-state index in [9.17, 15) is 5.11 Å². The van der Waals surface area contributed by atoms with Crippen molar-refractivity contribution in [2.45, 2.75) is 64.2 Å². The van der Waals surface area contributed by atoms with Gasteiger partial charge in [0.2, 0.25) is 0 Å². The summed E-state index contributed by atoms with van der Waals surface area (Å²) in [6, 6.07) is 0.588. The van der Waals surface area contributed by atoms with Crippen LogP contribution in [0.4, 0.5) is 0 Å². The van der Waals surface area contributed by atoms with Gasteiger partial charge < -0.3 is 15.2 Å². The molecular formula is C16H32N2O2. The summed E-state index contributed by atoms with van der Waals surface area (Å²) in [7, 11) is 0. The molecule has 20 heavy (non-hydrogen) atoms. The van der Waals surface area contributed by atoms with Crippen molar-refractivity contribution >= 4 is 0 Å². The van der Waals surface area contributed by atoms with Crippen molar-refractivity contribution in [2.75, 3.05) is 32.8 Å². The number of nitrogens with one attached hydrogen (secondary N) is 1. The van der Waals surface area contributed by atoms with Crippen LogP contribution in [0.1, 0.15) is 46.5 Å². The van der Waals surface area contributed by atoms with Gasteiger partial charge in [0.05, 0.1) is 18.3 Å². The molecule has 118 valence electrons. The molecule has 2 aliphatic rings. The lowest BCUT2D eigenvalue weighted by atomic mass is 9.79. The summed E-state index contributed by atoms with van der Waals surface area (Å²) < 4.78 is 5.82. The predicted octanol–water partition coefficient (Wildman–Crippen LogP) is 1.63. The van der Waals surface area contributed by atoms with Crippen molar-refractivity contribution in [2.24, 2.45) is 5.92 Å². The van der Waals surface area contributed by atoms with E-state index in [1.54, 1.807) is 0 Å². The van der Waals surface area contributed by atoms with Gasteiger partial charge in [-0.15, -0.1) is 0 Å². The Balaban J connectivity index is 1.70. The van der Waals surface area contributed by atoms with Crippen LogP contribution < -0.4 is 5.32 Å². The summed E-state index contributed by atoms with van der Waals surface area (Å²) in [5, 5.41) is 14.0. The fraction of sp³-hybridized carbons (Fsp3) is 1.00. The largest absolute Gasteiger partial charge is 0.389 e. The highest BCUT2D eigenvalue weighted by molar-refractivity contribution is 4.87. The van der Waals surface area contributed by atoms with Crippen LogP contribution in [0.5, 0.6) is 0 Å². The maximum absolute atomic E-state index is 10.6. The van der Waals surface area contributed by atoms with Crippen LogP contribution in [0, 0.1) is 5.92 Å². The van der Waals surface area contributed by atoms with Crippen molar-refractivity contribution in [3.05, 3.63) is 0 Å². The van der Waals surface area contributed by atoms with E-state index in [-0.39, 0.29) is 6.10 Å². The van der Waals surface area contributed by atoms with Gasteiger partial charge in [0, 0.05) is 32.2 Å². The smallest absolute Gasteiger partial charge is 0.0826 e. The molecule has 2 rings (SSSR count). The zero-order chi connectivity index (χ0) is 14.6. The first-order chi connectivity index (χ1) is 9.48. The molecule has 1 heterocycles. The van der Waals surface area contributed by atoms with Crippen molar-refractivity contribution < 1.29 is 9.84 Å². The third-order valence-electron chi connectivity index (χ3n) is 4.79. The highest BCUT2D eigenvalue weighted by Crippen LogP contribution is 2.31. The minimum absolute atomic E-state index is 0.260. The standard InChI is InChI=1S/C16H32N2O2/c1-13(2)18-7-8-20-15(11-18)10-17-12-16(19)6-4-5-14(3)9-16/h13-15,17,19H,4-12H2,1-3H3. The SMILES string of the molecule is CC1CCCC(O)(CNCC2CN(C(C)C)CCO2)C1. The van der Waals surface area contributed by atoms with Crippen LogP contribution in [-0.2, 0) is 4.74 Å². The Labute approximate surface area is 123 Å². The summed E-state index contributed by atoms with van der Waals surface area (Å²) in [6.07, 6.45) is 4.55.